The molecule has 0 aromatic heterocycles. The molecule has 3 rings (SSSR count). The molecule has 28 heavy (non-hydrogen) atoms. The molecule has 0 radical (unpaired) electrons. The van der Waals surface area contributed by atoms with Gasteiger partial charge in [-0.3, -0.25) is 4.99 Å². The Morgan fingerprint density at radius 3 is 2.89 bits per heavy atom. The van der Waals surface area contributed by atoms with Gasteiger partial charge in [0.1, 0.15) is 0 Å². The van der Waals surface area contributed by atoms with Crippen LogP contribution in [0.3, 0.4) is 0 Å². The predicted molar refractivity (Wildman–Crippen MR) is 126 cm³/mol. The molecule has 5 nitrogen and oxygen atoms in total. The Morgan fingerprint density at radius 2 is 2.14 bits per heavy atom. The van der Waals surface area contributed by atoms with Crippen LogP contribution in [-0.2, 0) is 15.9 Å². The van der Waals surface area contributed by atoms with Gasteiger partial charge in [0.15, 0.2) is 5.96 Å². The zero-order valence-corrected chi connectivity index (χ0v) is 19.5. The van der Waals surface area contributed by atoms with Crippen molar-refractivity contribution in [3.8, 4) is 0 Å². The molecule has 6 heteroatoms. The first kappa shape index (κ1) is 23.4. The first-order chi connectivity index (χ1) is 13.3. The summed E-state index contributed by atoms with van der Waals surface area (Å²) in [5.41, 5.74) is 1.44. The largest absolute Gasteiger partial charge is 0.379 e. The summed E-state index contributed by atoms with van der Waals surface area (Å²) in [5.74, 6) is 1.78. The fourth-order valence-corrected chi connectivity index (χ4v) is 3.91. The minimum absolute atomic E-state index is 0. The van der Waals surface area contributed by atoms with Crippen LogP contribution >= 0.6 is 24.0 Å². The van der Waals surface area contributed by atoms with E-state index in [9.17, 15) is 0 Å². The zero-order valence-electron chi connectivity index (χ0n) is 17.1. The number of hydrogen-bond donors (Lipinski definition) is 1. The van der Waals surface area contributed by atoms with Gasteiger partial charge in [-0.1, -0.05) is 30.3 Å². The van der Waals surface area contributed by atoms with Gasteiger partial charge >= 0.3 is 0 Å². The number of likely N-dealkylation sites (tertiary alicyclic amines) is 1. The number of rotatable bonds is 9. The van der Waals surface area contributed by atoms with Crippen LogP contribution in [-0.4, -0.2) is 63.0 Å². The molecule has 1 N–H and O–H groups in total. The van der Waals surface area contributed by atoms with E-state index in [-0.39, 0.29) is 24.0 Å². The van der Waals surface area contributed by atoms with Crippen LogP contribution in [0.5, 0.6) is 0 Å². The lowest BCUT2D eigenvalue weighted by Crippen LogP contribution is -2.40. The summed E-state index contributed by atoms with van der Waals surface area (Å²) in [6.07, 6.45) is 5.99. The monoisotopic (exact) mass is 501 g/mol. The fraction of sp³-hybridized carbons (Fsp3) is 0.682. The molecule has 2 aliphatic rings. The van der Waals surface area contributed by atoms with Crippen LogP contribution in [0, 0.1) is 5.92 Å². The van der Waals surface area contributed by atoms with Crippen molar-refractivity contribution in [1.29, 1.82) is 0 Å². The van der Waals surface area contributed by atoms with Crippen molar-refractivity contribution in [2.24, 2.45) is 10.9 Å². The van der Waals surface area contributed by atoms with E-state index in [1.54, 1.807) is 0 Å². The topological polar surface area (TPSA) is 46.1 Å². The Balaban J connectivity index is 0.00000280. The SMILES string of the molecule is CCNC(=NCCCOCC1CCCO1)N1CCC(Cc2ccccc2)C1.I. The zero-order chi connectivity index (χ0) is 18.7. The minimum Gasteiger partial charge on any atom is -0.379 e. The van der Waals surface area contributed by atoms with Gasteiger partial charge < -0.3 is 19.7 Å². The molecule has 2 unspecified atom stereocenters. The van der Waals surface area contributed by atoms with E-state index < -0.39 is 0 Å². The van der Waals surface area contributed by atoms with E-state index in [1.165, 1.54) is 18.4 Å². The number of nitrogens with zero attached hydrogens (tertiary/aromatic N) is 2. The van der Waals surface area contributed by atoms with Gasteiger partial charge in [0, 0.05) is 39.4 Å². The summed E-state index contributed by atoms with van der Waals surface area (Å²) in [4.78, 5) is 7.25. The second kappa shape index (κ2) is 13.4. The highest BCUT2D eigenvalue weighted by Gasteiger charge is 2.24. The molecule has 2 fully saturated rings. The smallest absolute Gasteiger partial charge is 0.193 e. The van der Waals surface area contributed by atoms with Crippen molar-refractivity contribution in [3.63, 3.8) is 0 Å². The van der Waals surface area contributed by atoms with Gasteiger partial charge in [-0.2, -0.15) is 0 Å². The Kier molecular flexibility index (Phi) is 11.2. The first-order valence-corrected chi connectivity index (χ1v) is 10.6. The summed E-state index contributed by atoms with van der Waals surface area (Å²) >= 11 is 0. The third-order valence-corrected chi connectivity index (χ3v) is 5.32. The lowest BCUT2D eigenvalue weighted by atomic mass is 9.99. The van der Waals surface area contributed by atoms with Crippen LogP contribution < -0.4 is 5.32 Å². The molecule has 0 bridgehead atoms. The van der Waals surface area contributed by atoms with Crippen LogP contribution in [0.4, 0.5) is 0 Å². The molecular weight excluding hydrogens is 465 g/mol. The lowest BCUT2D eigenvalue weighted by Gasteiger charge is -2.21. The second-order valence-corrected chi connectivity index (χ2v) is 7.59. The number of ether oxygens (including phenoxy) is 2. The molecule has 0 aliphatic carbocycles. The summed E-state index contributed by atoms with van der Waals surface area (Å²) in [5, 5.41) is 3.46. The Hall–Kier alpha value is -0.860. The van der Waals surface area contributed by atoms with E-state index in [0.29, 0.717) is 12.0 Å². The number of guanidine groups is 1. The van der Waals surface area contributed by atoms with E-state index in [2.05, 4.69) is 47.5 Å². The van der Waals surface area contributed by atoms with Gasteiger partial charge in [-0.15, -0.1) is 24.0 Å². The summed E-state index contributed by atoms with van der Waals surface area (Å²) in [6, 6.07) is 10.8. The molecule has 0 saturated carbocycles. The summed E-state index contributed by atoms with van der Waals surface area (Å²) in [6.45, 7) is 8.44. The number of hydrogen-bond acceptors (Lipinski definition) is 3. The third-order valence-electron chi connectivity index (χ3n) is 5.32. The minimum atomic E-state index is 0. The fourth-order valence-electron chi connectivity index (χ4n) is 3.91. The van der Waals surface area contributed by atoms with Crippen LogP contribution in [0.1, 0.15) is 38.2 Å². The molecule has 2 heterocycles. The number of aliphatic imine (C=N–C) groups is 1. The lowest BCUT2D eigenvalue weighted by molar-refractivity contribution is 0.0170. The second-order valence-electron chi connectivity index (χ2n) is 7.59. The molecule has 1 aromatic carbocycles. The Bertz CT molecular complexity index is 564. The van der Waals surface area contributed by atoms with Crippen LogP contribution in [0.25, 0.3) is 0 Å². The van der Waals surface area contributed by atoms with Gasteiger partial charge in [0.2, 0.25) is 0 Å². The van der Waals surface area contributed by atoms with E-state index in [4.69, 9.17) is 14.5 Å². The molecule has 0 amide bonds. The highest BCUT2D eigenvalue weighted by molar-refractivity contribution is 14.0. The van der Waals surface area contributed by atoms with Gasteiger partial charge in [-0.25, -0.2) is 0 Å². The molecule has 2 aliphatic heterocycles. The summed E-state index contributed by atoms with van der Waals surface area (Å²) in [7, 11) is 0. The predicted octanol–water partition coefficient (Wildman–Crippen LogP) is 3.72. The van der Waals surface area contributed by atoms with Gasteiger partial charge in [0.05, 0.1) is 12.7 Å². The van der Waals surface area contributed by atoms with E-state index >= 15 is 0 Å². The van der Waals surface area contributed by atoms with Crippen molar-refractivity contribution in [1.82, 2.24) is 10.2 Å². The number of nitrogens with one attached hydrogen (secondary N) is 1. The van der Waals surface area contributed by atoms with E-state index in [1.807, 2.05) is 0 Å². The van der Waals surface area contributed by atoms with Gasteiger partial charge in [0.25, 0.3) is 0 Å². The maximum Gasteiger partial charge on any atom is 0.193 e. The van der Waals surface area contributed by atoms with Crippen molar-refractivity contribution < 1.29 is 9.47 Å². The standard InChI is InChI=1S/C22H35N3O2.HI/c1-2-23-22(24-12-7-14-26-18-21-10-6-15-27-21)25-13-11-20(17-25)16-19-8-4-3-5-9-19;/h3-5,8-9,20-21H,2,6-7,10-18H2,1H3,(H,23,24);1H. The van der Waals surface area contributed by atoms with E-state index in [0.717, 1.165) is 71.2 Å². The number of benzene rings is 1. The van der Waals surface area contributed by atoms with Crippen LogP contribution in [0.15, 0.2) is 35.3 Å². The maximum atomic E-state index is 5.74. The molecule has 2 atom stereocenters. The average Bonchev–Trinajstić information content (AvgIpc) is 3.36. The van der Waals surface area contributed by atoms with Gasteiger partial charge in [-0.05, 0) is 50.5 Å². The quantitative estimate of drug-likeness (QED) is 0.243. The average molecular weight is 501 g/mol. The molecule has 2 saturated heterocycles. The maximum absolute atomic E-state index is 5.74. The molecule has 158 valence electrons. The van der Waals surface area contributed by atoms with Crippen molar-refractivity contribution in [2.45, 2.75) is 45.1 Å². The van der Waals surface area contributed by atoms with Crippen molar-refractivity contribution in [3.05, 3.63) is 35.9 Å². The normalized spacial score (nSPS) is 22.3. The van der Waals surface area contributed by atoms with Crippen molar-refractivity contribution in [2.75, 3.05) is 46.0 Å². The highest BCUT2D eigenvalue weighted by Crippen LogP contribution is 2.21. The first-order valence-electron chi connectivity index (χ1n) is 10.6. The van der Waals surface area contributed by atoms with Crippen LogP contribution in [0.2, 0.25) is 0 Å². The molecular formula is C22H36IN3O2. The highest BCUT2D eigenvalue weighted by atomic mass is 127. The Labute approximate surface area is 187 Å². The third kappa shape index (κ3) is 7.87. The molecule has 1 aromatic rings. The Morgan fingerprint density at radius 1 is 1.29 bits per heavy atom. The number of halogens is 1. The summed E-state index contributed by atoms with van der Waals surface area (Å²) < 4.78 is 11.3. The molecule has 0 spiro atoms. The van der Waals surface area contributed by atoms with Crippen molar-refractivity contribution >= 4 is 29.9 Å².